The van der Waals surface area contributed by atoms with Gasteiger partial charge in [0.25, 0.3) is 0 Å². The highest BCUT2D eigenvalue weighted by molar-refractivity contribution is 5.69. The van der Waals surface area contributed by atoms with Gasteiger partial charge < -0.3 is 19.1 Å². The number of allylic oxidation sites excluding steroid dienone is 2. The van der Waals surface area contributed by atoms with Crippen LogP contribution in [0.2, 0.25) is 0 Å². The largest absolute Gasteiger partial charge is 0.508 e. The topological polar surface area (TPSA) is 65.1 Å². The van der Waals surface area contributed by atoms with Crippen molar-refractivity contribution >= 4 is 12.1 Å². The van der Waals surface area contributed by atoms with Crippen LogP contribution >= 0.6 is 0 Å². The first-order valence-electron chi connectivity index (χ1n) is 19.7. The molecule has 0 fully saturated rings. The van der Waals surface area contributed by atoms with Gasteiger partial charge in [0.1, 0.15) is 6.10 Å². The molecule has 0 rings (SSSR count). The summed E-state index contributed by atoms with van der Waals surface area (Å²) in [4.78, 5) is 27.4. The summed E-state index contributed by atoms with van der Waals surface area (Å²) in [6.45, 7) is 8.24. The van der Waals surface area contributed by atoms with E-state index in [-0.39, 0.29) is 18.7 Å². The second kappa shape index (κ2) is 34.8. The van der Waals surface area contributed by atoms with Crippen molar-refractivity contribution in [2.45, 2.75) is 194 Å². The lowest BCUT2D eigenvalue weighted by Gasteiger charge is -2.19. The van der Waals surface area contributed by atoms with E-state index in [4.69, 9.17) is 14.2 Å². The van der Waals surface area contributed by atoms with Crippen LogP contribution in [-0.2, 0) is 19.0 Å². The Morgan fingerprint density at radius 3 is 1.72 bits per heavy atom. The Morgan fingerprint density at radius 2 is 1.13 bits per heavy atom. The first kappa shape index (κ1) is 44.4. The monoisotopic (exact) mass is 652 g/mol. The van der Waals surface area contributed by atoms with E-state index in [0.29, 0.717) is 25.4 Å². The molecule has 0 saturated carbocycles. The summed E-state index contributed by atoms with van der Waals surface area (Å²) in [7, 11) is 4.01. The zero-order chi connectivity index (χ0) is 33.9. The third-order valence-corrected chi connectivity index (χ3v) is 8.85. The summed E-state index contributed by atoms with van der Waals surface area (Å²) in [5.74, 6) is 0.205. The summed E-state index contributed by atoms with van der Waals surface area (Å²) >= 11 is 0. The normalized spacial score (nSPS) is 12.9. The van der Waals surface area contributed by atoms with Gasteiger partial charge in [0.2, 0.25) is 0 Å². The molecule has 0 bridgehead atoms. The lowest BCUT2D eigenvalue weighted by Crippen LogP contribution is -2.23. The van der Waals surface area contributed by atoms with Gasteiger partial charge in [-0.3, -0.25) is 4.79 Å². The Kier molecular flexibility index (Phi) is 33.6. The smallest absolute Gasteiger partial charge is 0.466 e. The van der Waals surface area contributed by atoms with Crippen LogP contribution in [0.15, 0.2) is 12.2 Å². The number of nitrogens with zero attached hydrogens (tertiary/aromatic N) is 1. The Hall–Kier alpha value is -1.56. The van der Waals surface area contributed by atoms with E-state index in [2.05, 4.69) is 37.8 Å². The van der Waals surface area contributed by atoms with Crippen LogP contribution < -0.4 is 0 Å². The van der Waals surface area contributed by atoms with Gasteiger partial charge >= 0.3 is 12.1 Å². The SMILES string of the molecule is CCCCC/C=C/CC(CCCCCCCC)CC(=O)OCCC(CCCCCCCCCCCC)OC(=O)OCCCN(C)C. The molecule has 0 N–H and O–H groups in total. The average molecular weight is 652 g/mol. The molecule has 0 radical (unpaired) electrons. The van der Waals surface area contributed by atoms with Crippen LogP contribution in [0.25, 0.3) is 0 Å². The molecular formula is C40H77NO5. The summed E-state index contributed by atoms with van der Waals surface area (Å²) in [6.07, 6.45) is 33.4. The van der Waals surface area contributed by atoms with Gasteiger partial charge in [0, 0.05) is 19.4 Å². The molecule has 0 amide bonds. The van der Waals surface area contributed by atoms with Crippen molar-refractivity contribution in [2.24, 2.45) is 5.92 Å². The van der Waals surface area contributed by atoms with Crippen LogP contribution in [0.4, 0.5) is 4.79 Å². The minimum atomic E-state index is -0.605. The zero-order valence-corrected chi connectivity index (χ0v) is 31.3. The summed E-state index contributed by atoms with van der Waals surface area (Å²) in [5, 5.41) is 0. The van der Waals surface area contributed by atoms with Crippen molar-refractivity contribution in [3.8, 4) is 0 Å². The summed E-state index contributed by atoms with van der Waals surface area (Å²) in [6, 6.07) is 0. The standard InChI is InChI=1S/C40H77NO5/c1-6-9-12-15-18-19-20-21-24-27-31-38(46-40(43)45-34-28-33-41(4)5)32-35-44-39(42)36-37(29-25-22-16-13-10-7-2)30-26-23-17-14-11-8-3/h22,25,37-38H,6-21,23-24,26-36H2,1-5H3/b25-22+. The quantitative estimate of drug-likeness (QED) is 0.0392. The molecule has 0 aliphatic rings. The summed E-state index contributed by atoms with van der Waals surface area (Å²) in [5.41, 5.74) is 0. The Balaban J connectivity index is 4.72. The fourth-order valence-corrected chi connectivity index (χ4v) is 5.86. The van der Waals surface area contributed by atoms with Gasteiger partial charge in [-0.05, 0) is 65.0 Å². The second-order valence-corrected chi connectivity index (χ2v) is 13.8. The van der Waals surface area contributed by atoms with E-state index < -0.39 is 6.16 Å². The molecule has 0 aliphatic carbocycles. The van der Waals surface area contributed by atoms with Gasteiger partial charge in [-0.25, -0.2) is 4.79 Å². The number of ether oxygens (including phenoxy) is 3. The Morgan fingerprint density at radius 1 is 0.587 bits per heavy atom. The van der Waals surface area contributed by atoms with Crippen LogP contribution in [0, 0.1) is 5.92 Å². The first-order chi connectivity index (χ1) is 22.4. The average Bonchev–Trinajstić information content (AvgIpc) is 3.03. The molecule has 0 aromatic carbocycles. The number of carbonyl (C=O) groups excluding carboxylic acids is 2. The van der Waals surface area contributed by atoms with Gasteiger partial charge in [0.15, 0.2) is 0 Å². The Bertz CT molecular complexity index is 695. The van der Waals surface area contributed by atoms with Crippen molar-refractivity contribution < 1.29 is 23.8 Å². The fourth-order valence-electron chi connectivity index (χ4n) is 5.86. The molecule has 0 aromatic rings. The van der Waals surface area contributed by atoms with Gasteiger partial charge in [0.05, 0.1) is 13.2 Å². The number of unbranched alkanes of at least 4 members (excludes halogenated alkanes) is 17. The molecule has 0 spiro atoms. The van der Waals surface area contributed by atoms with E-state index >= 15 is 0 Å². The molecule has 2 unspecified atom stereocenters. The predicted molar refractivity (Wildman–Crippen MR) is 195 cm³/mol. The molecule has 6 heteroatoms. The Labute approximate surface area is 286 Å². The van der Waals surface area contributed by atoms with Crippen LogP contribution in [0.1, 0.15) is 188 Å². The van der Waals surface area contributed by atoms with E-state index in [9.17, 15) is 9.59 Å². The number of esters is 1. The van der Waals surface area contributed by atoms with Crippen LogP contribution in [-0.4, -0.2) is 57.0 Å². The maximum atomic E-state index is 12.9. The number of hydrogen-bond acceptors (Lipinski definition) is 6. The second-order valence-electron chi connectivity index (χ2n) is 13.8. The minimum Gasteiger partial charge on any atom is -0.466 e. The van der Waals surface area contributed by atoms with Gasteiger partial charge in [-0.15, -0.1) is 0 Å². The van der Waals surface area contributed by atoms with Gasteiger partial charge in [-0.2, -0.15) is 0 Å². The molecule has 6 nitrogen and oxygen atoms in total. The third kappa shape index (κ3) is 32.4. The molecule has 0 heterocycles. The van der Waals surface area contributed by atoms with E-state index in [1.54, 1.807) is 0 Å². The zero-order valence-electron chi connectivity index (χ0n) is 31.3. The summed E-state index contributed by atoms with van der Waals surface area (Å²) < 4.78 is 16.8. The molecule has 272 valence electrons. The van der Waals surface area contributed by atoms with Crippen molar-refractivity contribution in [1.29, 1.82) is 0 Å². The van der Waals surface area contributed by atoms with E-state index in [1.807, 2.05) is 14.1 Å². The number of carbonyl (C=O) groups is 2. The predicted octanol–water partition coefficient (Wildman–Crippen LogP) is 12.0. The number of rotatable bonds is 34. The molecular weight excluding hydrogens is 574 g/mol. The minimum absolute atomic E-state index is 0.126. The van der Waals surface area contributed by atoms with Crippen LogP contribution in [0.3, 0.4) is 0 Å². The molecule has 0 aliphatic heterocycles. The number of hydrogen-bond donors (Lipinski definition) is 0. The fraction of sp³-hybridized carbons (Fsp3) is 0.900. The van der Waals surface area contributed by atoms with Crippen molar-refractivity contribution in [3.05, 3.63) is 12.2 Å². The lowest BCUT2D eigenvalue weighted by molar-refractivity contribution is -0.145. The van der Waals surface area contributed by atoms with Crippen molar-refractivity contribution in [3.63, 3.8) is 0 Å². The van der Waals surface area contributed by atoms with Crippen molar-refractivity contribution in [2.75, 3.05) is 33.9 Å². The molecule has 0 aromatic heterocycles. The highest BCUT2D eigenvalue weighted by atomic mass is 16.7. The lowest BCUT2D eigenvalue weighted by atomic mass is 9.93. The van der Waals surface area contributed by atoms with Crippen LogP contribution in [0.5, 0.6) is 0 Å². The molecule has 2 atom stereocenters. The molecule has 0 saturated heterocycles. The third-order valence-electron chi connectivity index (χ3n) is 8.85. The highest BCUT2D eigenvalue weighted by Gasteiger charge is 2.18. The maximum Gasteiger partial charge on any atom is 0.508 e. The molecule has 46 heavy (non-hydrogen) atoms. The first-order valence-corrected chi connectivity index (χ1v) is 19.7. The van der Waals surface area contributed by atoms with Gasteiger partial charge in [-0.1, -0.05) is 142 Å². The van der Waals surface area contributed by atoms with E-state index in [1.165, 1.54) is 109 Å². The highest BCUT2D eigenvalue weighted by Crippen LogP contribution is 2.21. The van der Waals surface area contributed by atoms with Crippen molar-refractivity contribution in [1.82, 2.24) is 4.90 Å². The van der Waals surface area contributed by atoms with E-state index in [0.717, 1.165) is 51.5 Å². The maximum absolute atomic E-state index is 12.9.